The highest BCUT2D eigenvalue weighted by Gasteiger charge is 2.51. The van der Waals surface area contributed by atoms with Gasteiger partial charge in [0, 0.05) is 54.8 Å². The van der Waals surface area contributed by atoms with Crippen LogP contribution >= 0.6 is 0 Å². The van der Waals surface area contributed by atoms with Crippen molar-refractivity contribution in [2.45, 2.75) is 24.2 Å². The second kappa shape index (κ2) is 13.4. The summed E-state index contributed by atoms with van der Waals surface area (Å²) in [6.07, 6.45) is -0.259. The highest BCUT2D eigenvalue weighted by atomic mass is 16.5. The smallest absolute Gasteiger partial charge is 0.349 e. The van der Waals surface area contributed by atoms with Gasteiger partial charge >= 0.3 is 5.63 Å². The van der Waals surface area contributed by atoms with E-state index in [0.29, 0.717) is 55.7 Å². The minimum atomic E-state index is -1.36. The highest BCUT2D eigenvalue weighted by molar-refractivity contribution is 5.99. The molecule has 2 aliphatic heterocycles. The van der Waals surface area contributed by atoms with Crippen molar-refractivity contribution in [1.82, 2.24) is 15.1 Å². The van der Waals surface area contributed by atoms with Gasteiger partial charge in [0.05, 0.1) is 38.9 Å². The van der Waals surface area contributed by atoms with Crippen molar-refractivity contribution in [3.05, 3.63) is 81.2 Å². The standard InChI is InChI=1S/C33H35N3O10/c1-43-26-15-19(18-38)14-21-27-22(31(40)34-6-11-37)17-24(28(39)30(27)46-29(21)26)36(8-7-35-9-12-44-13-10-35)32(41)23-16-20-4-2-3-5-25(20)45-33(23)42/h2-5,14-18,24,27-28,30,37,39H,6-13H2,1H3,(H,34,40). The molecule has 3 aliphatic rings. The molecule has 1 saturated heterocycles. The lowest BCUT2D eigenvalue weighted by Gasteiger charge is -2.41. The number of rotatable bonds is 10. The molecule has 6 rings (SSSR count). The van der Waals surface area contributed by atoms with Crippen LogP contribution in [0.2, 0.25) is 0 Å². The van der Waals surface area contributed by atoms with Gasteiger partial charge in [-0.25, -0.2) is 4.79 Å². The Morgan fingerprint density at radius 1 is 1.17 bits per heavy atom. The van der Waals surface area contributed by atoms with Gasteiger partial charge in [-0.3, -0.25) is 19.3 Å². The van der Waals surface area contributed by atoms with E-state index in [4.69, 9.17) is 18.6 Å². The van der Waals surface area contributed by atoms with E-state index in [1.807, 2.05) is 0 Å². The van der Waals surface area contributed by atoms with Crippen molar-refractivity contribution in [2.24, 2.45) is 0 Å². The molecule has 0 spiro atoms. The average molecular weight is 634 g/mol. The van der Waals surface area contributed by atoms with E-state index in [9.17, 15) is 29.4 Å². The fourth-order valence-electron chi connectivity index (χ4n) is 6.38. The summed E-state index contributed by atoms with van der Waals surface area (Å²) in [7, 11) is 1.42. The molecule has 0 bridgehead atoms. The average Bonchev–Trinajstić information content (AvgIpc) is 3.47. The van der Waals surface area contributed by atoms with Gasteiger partial charge in [0.1, 0.15) is 29.6 Å². The van der Waals surface area contributed by atoms with Crippen LogP contribution in [-0.4, -0.2) is 116 Å². The predicted molar refractivity (Wildman–Crippen MR) is 164 cm³/mol. The van der Waals surface area contributed by atoms with Crippen molar-refractivity contribution in [2.75, 3.05) is 59.7 Å². The second-order valence-corrected chi connectivity index (χ2v) is 11.3. The number of aliphatic hydroxyl groups is 2. The third-order valence-corrected chi connectivity index (χ3v) is 8.66. The van der Waals surface area contributed by atoms with Crippen molar-refractivity contribution in [3.8, 4) is 11.5 Å². The highest BCUT2D eigenvalue weighted by Crippen LogP contribution is 2.51. The minimum Gasteiger partial charge on any atom is -0.493 e. The largest absolute Gasteiger partial charge is 0.493 e. The van der Waals surface area contributed by atoms with Gasteiger partial charge < -0.3 is 39.1 Å². The maximum atomic E-state index is 14.3. The normalized spacial score (nSPS) is 22.3. The molecule has 1 aromatic heterocycles. The first-order chi connectivity index (χ1) is 22.3. The Morgan fingerprint density at radius 3 is 2.70 bits per heavy atom. The molecule has 4 unspecified atom stereocenters. The Labute approximate surface area is 263 Å². The molecule has 0 radical (unpaired) electrons. The zero-order chi connectivity index (χ0) is 32.4. The zero-order valence-electron chi connectivity index (χ0n) is 25.2. The summed E-state index contributed by atoms with van der Waals surface area (Å²) in [5.74, 6) is -1.53. The van der Waals surface area contributed by atoms with E-state index < -0.39 is 41.6 Å². The lowest BCUT2D eigenvalue weighted by Crippen LogP contribution is -2.57. The maximum absolute atomic E-state index is 14.3. The molecule has 2 aromatic carbocycles. The van der Waals surface area contributed by atoms with E-state index in [1.165, 1.54) is 30.2 Å². The number of aliphatic hydroxyl groups excluding tert-OH is 2. The maximum Gasteiger partial charge on any atom is 0.349 e. The van der Waals surface area contributed by atoms with Gasteiger partial charge in [-0.05, 0) is 30.3 Å². The number of methoxy groups -OCH3 is 1. The van der Waals surface area contributed by atoms with Crippen LogP contribution in [0, 0.1) is 0 Å². The first kappa shape index (κ1) is 31.4. The molecule has 4 atom stereocenters. The molecule has 3 N–H and O–H groups in total. The number of carbonyl (C=O) groups is 3. The Bertz CT molecular complexity index is 1730. The number of carbonyl (C=O) groups excluding carboxylic acids is 3. The van der Waals surface area contributed by atoms with Gasteiger partial charge in [-0.2, -0.15) is 0 Å². The van der Waals surface area contributed by atoms with E-state index in [-0.39, 0.29) is 47.9 Å². The lowest BCUT2D eigenvalue weighted by molar-refractivity contribution is -0.118. The first-order valence-corrected chi connectivity index (χ1v) is 15.1. The Morgan fingerprint density at radius 2 is 1.96 bits per heavy atom. The second-order valence-electron chi connectivity index (χ2n) is 11.3. The molecule has 3 aromatic rings. The van der Waals surface area contributed by atoms with Gasteiger partial charge in [-0.15, -0.1) is 0 Å². The summed E-state index contributed by atoms with van der Waals surface area (Å²) in [5, 5.41) is 24.6. The van der Waals surface area contributed by atoms with Crippen molar-refractivity contribution >= 4 is 29.1 Å². The topological polar surface area (TPSA) is 168 Å². The molecular weight excluding hydrogens is 598 g/mol. The van der Waals surface area contributed by atoms with Crippen LogP contribution in [0.3, 0.4) is 0 Å². The number of benzene rings is 2. The Balaban J connectivity index is 1.44. The number of morpholine rings is 1. The van der Waals surface area contributed by atoms with Gasteiger partial charge in [0.2, 0.25) is 5.91 Å². The number of hydrogen-bond acceptors (Lipinski definition) is 11. The number of hydrogen-bond donors (Lipinski definition) is 3. The molecule has 46 heavy (non-hydrogen) atoms. The number of ether oxygens (including phenoxy) is 3. The lowest BCUT2D eigenvalue weighted by atomic mass is 9.77. The minimum absolute atomic E-state index is 0.0377. The van der Waals surface area contributed by atoms with Crippen LogP contribution in [0.25, 0.3) is 11.0 Å². The number of nitrogens with zero attached hydrogens (tertiary/aromatic N) is 2. The summed E-state index contributed by atoms with van der Waals surface area (Å²) >= 11 is 0. The van der Waals surface area contributed by atoms with Gasteiger partial charge in [0.15, 0.2) is 11.5 Å². The molecule has 3 heterocycles. The van der Waals surface area contributed by atoms with Crippen LogP contribution in [0.15, 0.2) is 63.3 Å². The molecule has 13 nitrogen and oxygen atoms in total. The first-order valence-electron chi connectivity index (χ1n) is 15.1. The molecule has 0 saturated carbocycles. The summed E-state index contributed by atoms with van der Waals surface area (Å²) in [6.45, 7) is 2.50. The third kappa shape index (κ3) is 5.89. The van der Waals surface area contributed by atoms with Crippen LogP contribution in [0.1, 0.15) is 32.2 Å². The number of fused-ring (bicyclic) bond motifs is 4. The summed E-state index contributed by atoms with van der Waals surface area (Å²) in [6, 6.07) is 10.3. The number of aldehydes is 1. The van der Waals surface area contributed by atoms with E-state index in [0.717, 1.165) is 0 Å². The molecule has 2 amide bonds. The van der Waals surface area contributed by atoms with Gasteiger partial charge in [0.25, 0.3) is 5.91 Å². The predicted octanol–water partition coefficient (Wildman–Crippen LogP) is 0.711. The van der Waals surface area contributed by atoms with Gasteiger partial charge in [-0.1, -0.05) is 18.2 Å². The van der Waals surface area contributed by atoms with E-state index in [1.54, 1.807) is 30.3 Å². The van der Waals surface area contributed by atoms with Crippen molar-refractivity contribution in [1.29, 1.82) is 0 Å². The number of nitrogens with one attached hydrogen (secondary N) is 1. The zero-order valence-corrected chi connectivity index (χ0v) is 25.2. The van der Waals surface area contributed by atoms with Crippen LogP contribution in [-0.2, 0) is 9.53 Å². The fourth-order valence-corrected chi connectivity index (χ4v) is 6.38. The quantitative estimate of drug-likeness (QED) is 0.213. The molecule has 1 fully saturated rings. The summed E-state index contributed by atoms with van der Waals surface area (Å²) < 4.78 is 22.7. The Kier molecular flexibility index (Phi) is 9.17. The number of amides is 2. The van der Waals surface area contributed by atoms with Crippen LogP contribution < -0.4 is 20.4 Å². The van der Waals surface area contributed by atoms with E-state index >= 15 is 0 Å². The SMILES string of the molecule is COc1cc(C=O)cc2c1OC1C2C(C(=O)NCCO)=CC(N(CCN2CCOCC2)C(=O)c2cc3ccccc3oc2=O)C1O. The molecule has 13 heteroatoms. The van der Waals surface area contributed by atoms with Crippen molar-refractivity contribution in [3.63, 3.8) is 0 Å². The van der Waals surface area contributed by atoms with Crippen LogP contribution in [0.4, 0.5) is 0 Å². The molecule has 242 valence electrons. The summed E-state index contributed by atoms with van der Waals surface area (Å²) in [5.41, 5.74) is 0.208. The fraction of sp³-hybridized carbons (Fsp3) is 0.394. The molecular formula is C33H35N3O10. The Hall–Kier alpha value is -4.56. The number of para-hydroxylation sites is 1. The third-order valence-electron chi connectivity index (χ3n) is 8.66. The monoisotopic (exact) mass is 633 g/mol. The van der Waals surface area contributed by atoms with Crippen molar-refractivity contribution < 1.29 is 43.2 Å². The van der Waals surface area contributed by atoms with E-state index in [2.05, 4.69) is 10.2 Å². The molecule has 1 aliphatic carbocycles. The van der Waals surface area contributed by atoms with Crippen LogP contribution in [0.5, 0.6) is 11.5 Å². The summed E-state index contributed by atoms with van der Waals surface area (Å²) in [4.78, 5) is 56.3.